The highest BCUT2D eigenvalue weighted by Gasteiger charge is 2.25. The van der Waals surface area contributed by atoms with Gasteiger partial charge in [-0.05, 0) is 49.2 Å². The van der Waals surface area contributed by atoms with Crippen LogP contribution in [0, 0.1) is 12.3 Å². The predicted octanol–water partition coefficient (Wildman–Crippen LogP) is 3.25. The first-order valence-electron chi connectivity index (χ1n) is 9.72. The number of carbonyl (C=O) groups is 1. The van der Waals surface area contributed by atoms with Crippen LogP contribution >= 0.6 is 11.3 Å². The number of para-hydroxylation sites is 1. The number of sulfonamides is 1. The molecule has 6 nitrogen and oxygen atoms in total. The molecule has 0 radical (unpaired) electrons. The molecule has 1 amide bonds. The predicted molar refractivity (Wildman–Crippen MR) is 118 cm³/mol. The molecule has 30 heavy (non-hydrogen) atoms. The second kappa shape index (κ2) is 8.56. The van der Waals surface area contributed by atoms with E-state index in [0.29, 0.717) is 30.0 Å². The average Bonchev–Trinajstić information content (AvgIpc) is 3.12. The Hall–Kier alpha value is -2.73. The molecule has 1 saturated heterocycles. The van der Waals surface area contributed by atoms with E-state index in [1.165, 1.54) is 39.9 Å². The van der Waals surface area contributed by atoms with Crippen LogP contribution in [0.3, 0.4) is 0 Å². The molecular formula is C22H21N3O3S2. The smallest absolute Gasteiger partial charge is 0.279 e. The number of nitrogens with zero attached hydrogens (tertiary/aromatic N) is 3. The van der Waals surface area contributed by atoms with E-state index in [2.05, 4.69) is 10.9 Å². The van der Waals surface area contributed by atoms with E-state index in [9.17, 15) is 13.2 Å². The van der Waals surface area contributed by atoms with E-state index >= 15 is 0 Å². The first kappa shape index (κ1) is 20.5. The van der Waals surface area contributed by atoms with Crippen molar-refractivity contribution in [2.45, 2.75) is 30.7 Å². The third kappa shape index (κ3) is 3.97. The Morgan fingerprint density at radius 2 is 1.77 bits per heavy atom. The maximum absolute atomic E-state index is 12.8. The fourth-order valence-electron chi connectivity index (χ4n) is 3.53. The summed E-state index contributed by atoms with van der Waals surface area (Å²) in [6, 6.07) is 13.7. The quantitative estimate of drug-likeness (QED) is 0.586. The summed E-state index contributed by atoms with van der Waals surface area (Å²) in [5, 5.41) is 0. The Balaban J connectivity index is 1.64. The molecule has 2 heterocycles. The molecule has 4 rings (SSSR count). The van der Waals surface area contributed by atoms with Crippen molar-refractivity contribution in [2.24, 2.45) is 4.99 Å². The lowest BCUT2D eigenvalue weighted by Gasteiger charge is -2.25. The van der Waals surface area contributed by atoms with Gasteiger partial charge >= 0.3 is 0 Å². The van der Waals surface area contributed by atoms with Gasteiger partial charge in [0.25, 0.3) is 5.91 Å². The monoisotopic (exact) mass is 439 g/mol. The number of amides is 1. The van der Waals surface area contributed by atoms with Crippen LogP contribution in [-0.2, 0) is 16.6 Å². The van der Waals surface area contributed by atoms with Crippen molar-refractivity contribution in [3.63, 3.8) is 0 Å². The SMILES string of the molecule is C#CCn1c(=NC(=O)c2ccc(S(=O)(=O)N3CCCCC3)cc2)sc2ccccc21. The number of piperidine rings is 1. The molecule has 8 heteroatoms. The number of benzene rings is 2. The van der Waals surface area contributed by atoms with Gasteiger partial charge < -0.3 is 4.57 Å². The lowest BCUT2D eigenvalue weighted by atomic mass is 10.2. The van der Waals surface area contributed by atoms with Crippen LogP contribution in [0.15, 0.2) is 58.4 Å². The first-order valence-corrected chi connectivity index (χ1v) is 12.0. The fraction of sp³-hybridized carbons (Fsp3) is 0.273. The van der Waals surface area contributed by atoms with Gasteiger partial charge in [0.15, 0.2) is 4.80 Å². The van der Waals surface area contributed by atoms with Crippen molar-refractivity contribution in [1.29, 1.82) is 0 Å². The van der Waals surface area contributed by atoms with Gasteiger partial charge in [-0.25, -0.2) is 8.42 Å². The zero-order chi connectivity index (χ0) is 21.1. The molecule has 0 bridgehead atoms. The number of aromatic nitrogens is 1. The molecule has 0 N–H and O–H groups in total. The van der Waals surface area contributed by atoms with Crippen LogP contribution in [0.2, 0.25) is 0 Å². The number of hydrogen-bond acceptors (Lipinski definition) is 4. The number of rotatable bonds is 4. The van der Waals surface area contributed by atoms with Gasteiger partial charge in [-0.2, -0.15) is 9.30 Å². The molecule has 154 valence electrons. The van der Waals surface area contributed by atoms with Crippen molar-refractivity contribution < 1.29 is 13.2 Å². The summed E-state index contributed by atoms with van der Waals surface area (Å²) >= 11 is 1.39. The lowest BCUT2D eigenvalue weighted by Crippen LogP contribution is -2.35. The minimum absolute atomic E-state index is 0.199. The third-order valence-corrected chi connectivity index (χ3v) is 8.06. The maximum Gasteiger partial charge on any atom is 0.279 e. The molecule has 3 aromatic rings. The molecule has 0 aliphatic carbocycles. The maximum atomic E-state index is 12.8. The van der Waals surface area contributed by atoms with E-state index in [1.54, 1.807) is 0 Å². The average molecular weight is 440 g/mol. The number of fused-ring (bicyclic) bond motifs is 1. The zero-order valence-corrected chi connectivity index (χ0v) is 18.0. The summed E-state index contributed by atoms with van der Waals surface area (Å²) in [6.07, 6.45) is 8.29. The minimum Gasteiger partial charge on any atom is -0.305 e. The van der Waals surface area contributed by atoms with Gasteiger partial charge in [0.05, 0.1) is 21.7 Å². The van der Waals surface area contributed by atoms with E-state index in [-0.39, 0.29) is 4.90 Å². The minimum atomic E-state index is -3.53. The van der Waals surface area contributed by atoms with Gasteiger partial charge in [-0.1, -0.05) is 35.8 Å². The summed E-state index contributed by atoms with van der Waals surface area (Å²) in [7, 11) is -3.53. The Morgan fingerprint density at radius 3 is 2.47 bits per heavy atom. The third-order valence-electron chi connectivity index (χ3n) is 5.09. The van der Waals surface area contributed by atoms with E-state index in [0.717, 1.165) is 29.5 Å². The van der Waals surface area contributed by atoms with E-state index in [1.807, 2.05) is 28.8 Å². The lowest BCUT2D eigenvalue weighted by molar-refractivity contribution is 0.0998. The van der Waals surface area contributed by atoms with Gasteiger partial charge in [-0.3, -0.25) is 4.79 Å². The van der Waals surface area contributed by atoms with Crippen molar-refractivity contribution >= 4 is 37.5 Å². The highest BCUT2D eigenvalue weighted by atomic mass is 32.2. The molecule has 0 spiro atoms. The van der Waals surface area contributed by atoms with Gasteiger partial charge in [0, 0.05) is 18.7 Å². The largest absolute Gasteiger partial charge is 0.305 e. The van der Waals surface area contributed by atoms with Crippen molar-refractivity contribution in [3.8, 4) is 12.3 Å². The number of terminal acetylenes is 1. The van der Waals surface area contributed by atoms with Gasteiger partial charge in [0.2, 0.25) is 10.0 Å². The highest BCUT2D eigenvalue weighted by molar-refractivity contribution is 7.89. The second-order valence-electron chi connectivity index (χ2n) is 7.05. The molecule has 1 aliphatic heterocycles. The van der Waals surface area contributed by atoms with Crippen molar-refractivity contribution in [3.05, 3.63) is 58.9 Å². The van der Waals surface area contributed by atoms with Crippen LogP contribution in [-0.4, -0.2) is 36.3 Å². The zero-order valence-electron chi connectivity index (χ0n) is 16.3. The molecular weight excluding hydrogens is 418 g/mol. The van der Waals surface area contributed by atoms with Crippen LogP contribution in [0.25, 0.3) is 10.2 Å². The molecule has 0 saturated carbocycles. The normalized spacial score (nSPS) is 15.9. The van der Waals surface area contributed by atoms with Crippen LogP contribution in [0.4, 0.5) is 0 Å². The van der Waals surface area contributed by atoms with Crippen LogP contribution < -0.4 is 4.80 Å². The number of hydrogen-bond donors (Lipinski definition) is 0. The summed E-state index contributed by atoms with van der Waals surface area (Å²) in [5.41, 5.74) is 1.26. The Morgan fingerprint density at radius 1 is 1.07 bits per heavy atom. The number of thiazole rings is 1. The molecule has 1 aromatic heterocycles. The van der Waals surface area contributed by atoms with E-state index < -0.39 is 15.9 Å². The van der Waals surface area contributed by atoms with E-state index in [4.69, 9.17) is 6.42 Å². The fourth-order valence-corrected chi connectivity index (χ4v) is 6.07. The standard InChI is InChI=1S/C22H21N3O3S2/c1-2-14-25-19-8-4-5-9-20(19)29-22(25)23-21(26)17-10-12-18(13-11-17)30(27,28)24-15-6-3-7-16-24/h1,4-5,8-13H,3,6-7,14-16H2. The molecule has 2 aromatic carbocycles. The summed E-state index contributed by atoms with van der Waals surface area (Å²) in [4.78, 5) is 17.7. The van der Waals surface area contributed by atoms with Crippen LogP contribution in [0.1, 0.15) is 29.6 Å². The summed E-state index contributed by atoms with van der Waals surface area (Å²) in [6.45, 7) is 1.39. The Labute approximate surface area is 179 Å². The number of carbonyl (C=O) groups excluding carboxylic acids is 1. The van der Waals surface area contributed by atoms with Gasteiger partial charge in [-0.15, -0.1) is 6.42 Å². The van der Waals surface area contributed by atoms with Crippen LogP contribution in [0.5, 0.6) is 0 Å². The second-order valence-corrected chi connectivity index (χ2v) is 10.00. The molecule has 0 atom stereocenters. The van der Waals surface area contributed by atoms with Crippen molar-refractivity contribution in [1.82, 2.24) is 8.87 Å². The highest BCUT2D eigenvalue weighted by Crippen LogP contribution is 2.21. The Kier molecular flexibility index (Phi) is 5.86. The molecule has 0 unspecified atom stereocenters. The first-order chi connectivity index (χ1) is 14.5. The summed E-state index contributed by atoms with van der Waals surface area (Å²) in [5.74, 6) is 2.16. The topological polar surface area (TPSA) is 71.7 Å². The van der Waals surface area contributed by atoms with Gasteiger partial charge in [0.1, 0.15) is 0 Å². The van der Waals surface area contributed by atoms with Crippen molar-refractivity contribution in [2.75, 3.05) is 13.1 Å². The summed E-state index contributed by atoms with van der Waals surface area (Å²) < 4.78 is 29.9. The Bertz CT molecular complexity index is 1290. The molecule has 1 aliphatic rings. The molecule has 1 fully saturated rings.